The highest BCUT2D eigenvalue weighted by Gasteiger charge is 2.12. The van der Waals surface area contributed by atoms with E-state index < -0.39 is 5.97 Å². The van der Waals surface area contributed by atoms with E-state index in [0.717, 1.165) is 11.3 Å². The lowest BCUT2D eigenvalue weighted by Crippen LogP contribution is -2.13. The van der Waals surface area contributed by atoms with Crippen LogP contribution in [-0.4, -0.2) is 30.0 Å². The summed E-state index contributed by atoms with van der Waals surface area (Å²) < 4.78 is 5.13. The number of rotatable bonds is 9. The Kier molecular flexibility index (Phi) is 8.01. The van der Waals surface area contributed by atoms with Crippen molar-refractivity contribution in [3.8, 4) is 0 Å². The highest BCUT2D eigenvalue weighted by Crippen LogP contribution is 2.21. The van der Waals surface area contributed by atoms with Gasteiger partial charge in [0, 0.05) is 21.7 Å². The minimum absolute atomic E-state index is 0.0345. The summed E-state index contributed by atoms with van der Waals surface area (Å²) in [6.07, 6.45) is 0.744. The molecule has 1 amide bonds. The predicted octanol–water partition coefficient (Wildman–Crippen LogP) is 5.48. The molecule has 0 spiro atoms. The molecule has 31 heavy (non-hydrogen) atoms. The number of esters is 1. The van der Waals surface area contributed by atoms with Gasteiger partial charge in [-0.1, -0.05) is 49.4 Å². The highest BCUT2D eigenvalue weighted by molar-refractivity contribution is 8.00. The number of carbonyl (C=O) groups is 3. The molecular formula is C25H23NO4S. The Hall–Kier alpha value is -3.38. The number of nitrogens with one attached hydrogen (secondary N) is 1. The number of thioether (sulfide) groups is 1. The van der Waals surface area contributed by atoms with Crippen LogP contribution in [0.25, 0.3) is 0 Å². The standard InChI is InChI=1S/C25H23NO4S/c1-2-14-30-25(29)20-11-6-12-21(15-20)26-24(28)19-10-7-13-22(16-19)31-17-23(27)18-8-4-3-5-9-18/h3-13,15-16H,2,14,17H2,1H3,(H,26,28). The molecule has 158 valence electrons. The zero-order valence-electron chi connectivity index (χ0n) is 17.2. The van der Waals surface area contributed by atoms with Gasteiger partial charge in [-0.15, -0.1) is 11.8 Å². The average molecular weight is 434 g/mol. The van der Waals surface area contributed by atoms with E-state index in [1.165, 1.54) is 11.8 Å². The minimum atomic E-state index is -0.417. The topological polar surface area (TPSA) is 72.5 Å². The lowest BCUT2D eigenvalue weighted by atomic mass is 10.1. The third-order valence-electron chi connectivity index (χ3n) is 4.36. The molecule has 3 rings (SSSR count). The molecule has 5 nitrogen and oxygen atoms in total. The summed E-state index contributed by atoms with van der Waals surface area (Å²) in [7, 11) is 0. The molecule has 3 aromatic carbocycles. The second-order valence-corrected chi connectivity index (χ2v) is 7.83. The van der Waals surface area contributed by atoms with Crippen molar-refractivity contribution in [3.63, 3.8) is 0 Å². The summed E-state index contributed by atoms with van der Waals surface area (Å²) in [4.78, 5) is 37.8. The van der Waals surface area contributed by atoms with Crippen LogP contribution in [0.2, 0.25) is 0 Å². The van der Waals surface area contributed by atoms with Gasteiger partial charge in [0.1, 0.15) is 0 Å². The molecule has 0 aliphatic heterocycles. The maximum Gasteiger partial charge on any atom is 0.338 e. The number of hydrogen-bond acceptors (Lipinski definition) is 5. The summed E-state index contributed by atoms with van der Waals surface area (Å²) in [5.41, 5.74) is 2.03. The normalized spacial score (nSPS) is 10.4. The molecule has 0 aliphatic carbocycles. The summed E-state index contributed by atoms with van der Waals surface area (Å²) >= 11 is 1.38. The van der Waals surface area contributed by atoms with Crippen LogP contribution in [0.3, 0.4) is 0 Å². The first-order valence-corrected chi connectivity index (χ1v) is 10.9. The predicted molar refractivity (Wildman–Crippen MR) is 123 cm³/mol. The van der Waals surface area contributed by atoms with Gasteiger partial charge in [-0.05, 0) is 42.8 Å². The number of carbonyl (C=O) groups excluding carboxylic acids is 3. The summed E-state index contributed by atoms with van der Waals surface area (Å²) in [5.74, 6) is -0.389. The Morgan fingerprint density at radius 2 is 1.55 bits per heavy atom. The molecule has 0 unspecified atom stereocenters. The van der Waals surface area contributed by atoms with Crippen molar-refractivity contribution in [2.75, 3.05) is 17.7 Å². The number of Topliss-reactive ketones (excluding diaryl/α,β-unsaturated/α-hetero) is 1. The van der Waals surface area contributed by atoms with Crippen molar-refractivity contribution in [2.24, 2.45) is 0 Å². The lowest BCUT2D eigenvalue weighted by Gasteiger charge is -2.09. The molecule has 0 aromatic heterocycles. The van der Waals surface area contributed by atoms with Crippen molar-refractivity contribution in [3.05, 3.63) is 95.6 Å². The molecule has 0 saturated heterocycles. The smallest absolute Gasteiger partial charge is 0.338 e. The molecule has 0 radical (unpaired) electrons. The van der Waals surface area contributed by atoms with Crippen LogP contribution in [0.1, 0.15) is 44.4 Å². The number of benzene rings is 3. The maximum atomic E-state index is 12.7. The molecule has 3 aromatic rings. The Morgan fingerprint density at radius 1 is 0.839 bits per heavy atom. The number of anilines is 1. The van der Waals surface area contributed by atoms with Crippen LogP contribution in [0.5, 0.6) is 0 Å². The lowest BCUT2D eigenvalue weighted by molar-refractivity contribution is 0.0505. The van der Waals surface area contributed by atoms with Gasteiger partial charge in [-0.25, -0.2) is 4.79 Å². The molecule has 6 heteroatoms. The van der Waals surface area contributed by atoms with Crippen LogP contribution < -0.4 is 5.32 Å². The molecule has 0 fully saturated rings. The van der Waals surface area contributed by atoms with Crippen molar-refractivity contribution >= 4 is 35.1 Å². The fourth-order valence-corrected chi connectivity index (χ4v) is 3.64. The number of hydrogen-bond donors (Lipinski definition) is 1. The number of ether oxygens (including phenoxy) is 1. The van der Waals surface area contributed by atoms with Crippen molar-refractivity contribution in [2.45, 2.75) is 18.2 Å². The maximum absolute atomic E-state index is 12.7. The average Bonchev–Trinajstić information content (AvgIpc) is 2.82. The Morgan fingerprint density at radius 3 is 2.32 bits per heavy atom. The molecule has 0 heterocycles. The molecule has 0 bridgehead atoms. The first-order valence-electron chi connectivity index (χ1n) is 9.96. The number of ketones is 1. The zero-order chi connectivity index (χ0) is 22.1. The van der Waals surface area contributed by atoms with Gasteiger partial charge in [-0.2, -0.15) is 0 Å². The number of amides is 1. The quantitative estimate of drug-likeness (QED) is 0.275. The van der Waals surface area contributed by atoms with Gasteiger partial charge in [0.15, 0.2) is 5.78 Å². The van der Waals surface area contributed by atoms with E-state index in [4.69, 9.17) is 4.74 Å². The van der Waals surface area contributed by atoms with Crippen molar-refractivity contribution < 1.29 is 19.1 Å². The fourth-order valence-electron chi connectivity index (χ4n) is 2.79. The minimum Gasteiger partial charge on any atom is -0.462 e. The largest absolute Gasteiger partial charge is 0.462 e. The second kappa shape index (κ2) is 11.1. The Balaban J connectivity index is 1.62. The van der Waals surface area contributed by atoms with Crippen LogP contribution in [0, 0.1) is 0 Å². The van der Waals surface area contributed by atoms with Gasteiger partial charge in [-0.3, -0.25) is 9.59 Å². The molecule has 0 saturated carbocycles. The van der Waals surface area contributed by atoms with Crippen molar-refractivity contribution in [1.29, 1.82) is 0 Å². The van der Waals surface area contributed by atoms with E-state index in [1.807, 2.05) is 31.2 Å². The molecular weight excluding hydrogens is 410 g/mol. The van der Waals surface area contributed by atoms with Gasteiger partial charge >= 0.3 is 5.97 Å². The van der Waals surface area contributed by atoms with E-state index >= 15 is 0 Å². The summed E-state index contributed by atoms with van der Waals surface area (Å²) in [5, 5.41) is 2.80. The molecule has 0 atom stereocenters. The van der Waals surface area contributed by atoms with Gasteiger partial charge in [0.2, 0.25) is 0 Å². The van der Waals surface area contributed by atoms with E-state index in [9.17, 15) is 14.4 Å². The van der Waals surface area contributed by atoms with Gasteiger partial charge in [0.25, 0.3) is 5.91 Å². The fraction of sp³-hybridized carbons (Fsp3) is 0.160. The Bertz CT molecular complexity index is 1070. The van der Waals surface area contributed by atoms with E-state index in [2.05, 4.69) is 5.32 Å². The Labute approximate surface area is 185 Å². The van der Waals surface area contributed by atoms with Crippen LogP contribution in [0.15, 0.2) is 83.8 Å². The third-order valence-corrected chi connectivity index (χ3v) is 5.35. The summed E-state index contributed by atoms with van der Waals surface area (Å²) in [6.45, 7) is 2.28. The van der Waals surface area contributed by atoms with E-state index in [0.29, 0.717) is 29.0 Å². The molecule has 1 N–H and O–H groups in total. The molecule has 0 aliphatic rings. The third kappa shape index (κ3) is 6.55. The van der Waals surface area contributed by atoms with Crippen molar-refractivity contribution in [1.82, 2.24) is 0 Å². The van der Waals surface area contributed by atoms with E-state index in [1.54, 1.807) is 54.6 Å². The van der Waals surface area contributed by atoms with Crippen LogP contribution in [-0.2, 0) is 4.74 Å². The highest BCUT2D eigenvalue weighted by atomic mass is 32.2. The monoisotopic (exact) mass is 433 g/mol. The van der Waals surface area contributed by atoms with Gasteiger partial charge < -0.3 is 10.1 Å². The first kappa shape index (κ1) is 22.3. The van der Waals surface area contributed by atoms with Crippen LogP contribution >= 0.6 is 11.8 Å². The first-order chi connectivity index (χ1) is 15.1. The van der Waals surface area contributed by atoms with Gasteiger partial charge in [0.05, 0.1) is 17.9 Å². The van der Waals surface area contributed by atoms with E-state index in [-0.39, 0.29) is 17.4 Å². The SMILES string of the molecule is CCCOC(=O)c1cccc(NC(=O)c2cccc(SCC(=O)c3ccccc3)c2)c1. The zero-order valence-corrected chi connectivity index (χ0v) is 18.0. The summed E-state index contributed by atoms with van der Waals surface area (Å²) in [6, 6.07) is 22.9. The van der Waals surface area contributed by atoms with Crippen LogP contribution in [0.4, 0.5) is 5.69 Å². The second-order valence-electron chi connectivity index (χ2n) is 6.78.